The van der Waals surface area contributed by atoms with Crippen LogP contribution in [0.15, 0.2) is 36.4 Å². The van der Waals surface area contributed by atoms with E-state index in [0.717, 1.165) is 49.7 Å². The highest BCUT2D eigenvalue weighted by Gasteiger charge is 2.07. The van der Waals surface area contributed by atoms with E-state index in [9.17, 15) is 9.59 Å². The van der Waals surface area contributed by atoms with Crippen molar-refractivity contribution in [3.05, 3.63) is 67.6 Å². The van der Waals surface area contributed by atoms with Gasteiger partial charge in [0.25, 0.3) is 0 Å². The molecular weight excluding hydrogens is 518 g/mol. The third-order valence-corrected chi connectivity index (χ3v) is 6.48. The summed E-state index contributed by atoms with van der Waals surface area (Å²) in [6.07, 6.45) is 7.55. The lowest BCUT2D eigenvalue weighted by Gasteiger charge is -2.07. The number of rotatable bonds is 15. The molecule has 0 heterocycles. The highest BCUT2D eigenvalue weighted by molar-refractivity contribution is 6.35. The minimum absolute atomic E-state index is 0.187. The van der Waals surface area contributed by atoms with Gasteiger partial charge >= 0.3 is 11.9 Å². The molecule has 4 nitrogen and oxygen atoms in total. The summed E-state index contributed by atoms with van der Waals surface area (Å²) in [5.74, 6) is -0.375. The van der Waals surface area contributed by atoms with Crippen LogP contribution in [-0.2, 0) is 31.9 Å². The molecule has 186 valence electrons. The number of unbranched alkanes of at least 4 members (excludes halogenated alkanes) is 5. The highest BCUT2D eigenvalue weighted by Crippen LogP contribution is 2.22. The molecule has 0 aliphatic rings. The minimum atomic E-state index is -0.187. The van der Waals surface area contributed by atoms with Crippen molar-refractivity contribution < 1.29 is 19.1 Å². The molecule has 0 spiro atoms. The van der Waals surface area contributed by atoms with Gasteiger partial charge in [-0.05, 0) is 48.2 Å². The zero-order valence-electron chi connectivity index (χ0n) is 19.1. The molecule has 2 rings (SSSR count). The summed E-state index contributed by atoms with van der Waals surface area (Å²) in [7, 11) is 0. The van der Waals surface area contributed by atoms with E-state index >= 15 is 0 Å². The predicted octanol–water partition coefficient (Wildman–Crippen LogP) is 8.29. The van der Waals surface area contributed by atoms with Crippen LogP contribution >= 0.6 is 46.4 Å². The molecule has 8 heteroatoms. The molecular formula is C26H30Cl4O4. The first kappa shape index (κ1) is 28.8. The van der Waals surface area contributed by atoms with Crippen molar-refractivity contribution >= 4 is 58.3 Å². The van der Waals surface area contributed by atoms with E-state index in [1.54, 1.807) is 24.3 Å². The zero-order chi connectivity index (χ0) is 24.8. The molecule has 0 fully saturated rings. The minimum Gasteiger partial charge on any atom is -0.465 e. The summed E-state index contributed by atoms with van der Waals surface area (Å²) in [6.45, 7) is 0.617. The van der Waals surface area contributed by atoms with Gasteiger partial charge < -0.3 is 9.47 Å². The van der Waals surface area contributed by atoms with Crippen molar-refractivity contribution in [2.75, 3.05) is 13.2 Å². The lowest BCUT2D eigenvalue weighted by atomic mass is 10.1. The quantitative estimate of drug-likeness (QED) is 0.166. The van der Waals surface area contributed by atoms with E-state index in [0.29, 0.717) is 59.0 Å². The Morgan fingerprint density at radius 3 is 1.35 bits per heavy atom. The lowest BCUT2D eigenvalue weighted by Crippen LogP contribution is -2.08. The molecule has 0 aromatic heterocycles. The maximum atomic E-state index is 11.9. The molecule has 0 N–H and O–H groups in total. The second kappa shape index (κ2) is 16.3. The normalized spacial score (nSPS) is 10.8. The van der Waals surface area contributed by atoms with E-state index < -0.39 is 0 Å². The molecule has 0 aliphatic heterocycles. The Kier molecular flexibility index (Phi) is 13.8. The van der Waals surface area contributed by atoms with Crippen LogP contribution in [0, 0.1) is 0 Å². The molecule has 2 aromatic rings. The van der Waals surface area contributed by atoms with Crippen LogP contribution < -0.4 is 0 Å². The zero-order valence-corrected chi connectivity index (χ0v) is 22.1. The van der Waals surface area contributed by atoms with Crippen LogP contribution in [0.25, 0.3) is 0 Å². The van der Waals surface area contributed by atoms with Crippen LogP contribution in [-0.4, -0.2) is 25.2 Å². The molecule has 34 heavy (non-hydrogen) atoms. The van der Waals surface area contributed by atoms with Crippen LogP contribution in [0.4, 0.5) is 0 Å². The van der Waals surface area contributed by atoms with Crippen molar-refractivity contribution in [1.82, 2.24) is 0 Å². The number of hydrogen-bond donors (Lipinski definition) is 0. The Bertz CT molecular complexity index is 858. The molecule has 0 unspecified atom stereocenters. The second-order valence-electron chi connectivity index (χ2n) is 8.03. The van der Waals surface area contributed by atoms with Crippen molar-refractivity contribution in [2.45, 2.75) is 64.2 Å². The first-order valence-corrected chi connectivity index (χ1v) is 13.1. The fraction of sp³-hybridized carbons (Fsp3) is 0.462. The molecule has 0 bridgehead atoms. The predicted molar refractivity (Wildman–Crippen MR) is 139 cm³/mol. The Hall–Kier alpha value is -1.46. The Labute approximate surface area is 221 Å². The molecule has 0 aliphatic carbocycles. The van der Waals surface area contributed by atoms with E-state index in [1.807, 2.05) is 12.1 Å². The summed E-state index contributed by atoms with van der Waals surface area (Å²) < 4.78 is 10.6. The van der Waals surface area contributed by atoms with E-state index in [-0.39, 0.29) is 11.9 Å². The van der Waals surface area contributed by atoms with Gasteiger partial charge in [0.2, 0.25) is 0 Å². The Morgan fingerprint density at radius 1 is 0.588 bits per heavy atom. The molecule has 0 amide bonds. The first-order chi connectivity index (χ1) is 16.3. The van der Waals surface area contributed by atoms with Crippen molar-refractivity contribution in [3.8, 4) is 0 Å². The lowest BCUT2D eigenvalue weighted by molar-refractivity contribution is -0.144. The van der Waals surface area contributed by atoms with E-state index in [2.05, 4.69) is 0 Å². The van der Waals surface area contributed by atoms with Gasteiger partial charge in [-0.15, -0.1) is 0 Å². The number of carbonyl (C=O) groups excluding carboxylic acids is 2. The van der Waals surface area contributed by atoms with Gasteiger partial charge in [0.1, 0.15) is 0 Å². The highest BCUT2D eigenvalue weighted by atomic mass is 35.5. The van der Waals surface area contributed by atoms with Crippen LogP contribution in [0.2, 0.25) is 20.1 Å². The van der Waals surface area contributed by atoms with Crippen LogP contribution in [0.5, 0.6) is 0 Å². The number of halogens is 4. The molecule has 2 aromatic carbocycles. The molecule has 0 saturated heterocycles. The number of esters is 2. The van der Waals surface area contributed by atoms with Gasteiger partial charge in [-0.2, -0.15) is 0 Å². The van der Waals surface area contributed by atoms with E-state index in [4.69, 9.17) is 55.9 Å². The summed E-state index contributed by atoms with van der Waals surface area (Å²) >= 11 is 24.0. The van der Waals surface area contributed by atoms with Gasteiger partial charge in [0, 0.05) is 45.8 Å². The van der Waals surface area contributed by atoms with Gasteiger partial charge in [-0.25, -0.2) is 0 Å². The van der Waals surface area contributed by atoms with Gasteiger partial charge in [-0.3, -0.25) is 9.59 Å². The molecule has 0 atom stereocenters. The SMILES string of the molecule is O=C(CCCCCCCCC(=O)OCCc1ccc(Cl)cc1Cl)OCCc1ccc(Cl)cc1Cl. The van der Waals surface area contributed by atoms with Crippen molar-refractivity contribution in [1.29, 1.82) is 0 Å². The Morgan fingerprint density at radius 2 is 0.971 bits per heavy atom. The molecule has 0 saturated carbocycles. The van der Waals surface area contributed by atoms with Gasteiger partial charge in [0.05, 0.1) is 13.2 Å². The van der Waals surface area contributed by atoms with Crippen LogP contribution in [0.1, 0.15) is 62.5 Å². The average molecular weight is 548 g/mol. The number of benzene rings is 2. The fourth-order valence-corrected chi connectivity index (χ4v) is 4.39. The van der Waals surface area contributed by atoms with Gasteiger partial charge in [-0.1, -0.05) is 84.2 Å². The largest absolute Gasteiger partial charge is 0.465 e. The maximum Gasteiger partial charge on any atom is 0.305 e. The number of carbonyl (C=O) groups is 2. The maximum absolute atomic E-state index is 11.9. The summed E-state index contributed by atoms with van der Waals surface area (Å²) in [5, 5.41) is 2.34. The smallest absolute Gasteiger partial charge is 0.305 e. The average Bonchev–Trinajstić information content (AvgIpc) is 2.78. The second-order valence-corrected chi connectivity index (χ2v) is 9.72. The monoisotopic (exact) mass is 546 g/mol. The summed E-state index contributed by atoms with van der Waals surface area (Å²) in [6, 6.07) is 10.6. The third kappa shape index (κ3) is 11.8. The number of hydrogen-bond acceptors (Lipinski definition) is 4. The van der Waals surface area contributed by atoms with Crippen molar-refractivity contribution in [2.24, 2.45) is 0 Å². The molecule has 0 radical (unpaired) electrons. The van der Waals surface area contributed by atoms with E-state index in [1.165, 1.54) is 0 Å². The fourth-order valence-electron chi connectivity index (χ4n) is 3.39. The third-order valence-electron chi connectivity index (χ3n) is 5.31. The summed E-state index contributed by atoms with van der Waals surface area (Å²) in [4.78, 5) is 23.7. The standard InChI is InChI=1S/C26H30Cl4O4/c27-21-11-9-19(23(29)17-21)13-15-33-25(31)7-5-3-1-2-4-6-8-26(32)34-16-14-20-10-12-22(28)18-24(20)30/h9-12,17-18H,1-8,13-16H2. The van der Waals surface area contributed by atoms with Gasteiger partial charge in [0.15, 0.2) is 0 Å². The first-order valence-electron chi connectivity index (χ1n) is 11.5. The topological polar surface area (TPSA) is 52.6 Å². The van der Waals surface area contributed by atoms with Crippen LogP contribution in [0.3, 0.4) is 0 Å². The summed E-state index contributed by atoms with van der Waals surface area (Å²) in [5.41, 5.74) is 1.82. The number of ether oxygens (including phenoxy) is 2. The Balaban J connectivity index is 1.41. The van der Waals surface area contributed by atoms with Crippen molar-refractivity contribution in [3.63, 3.8) is 0 Å².